The monoisotopic (exact) mass is 379 g/mol. The number of rotatable bonds is 8. The summed E-state index contributed by atoms with van der Waals surface area (Å²) in [4.78, 5) is 27.9. The van der Waals surface area contributed by atoms with Gasteiger partial charge in [-0.2, -0.15) is 0 Å². The Balaban J connectivity index is 1.76. The predicted octanol–water partition coefficient (Wildman–Crippen LogP) is 3.15. The highest BCUT2D eigenvalue weighted by atomic mass is 16.2. The van der Waals surface area contributed by atoms with Crippen molar-refractivity contribution in [1.82, 2.24) is 15.5 Å². The van der Waals surface area contributed by atoms with Crippen LogP contribution < -0.4 is 10.6 Å². The van der Waals surface area contributed by atoms with Crippen molar-refractivity contribution in [2.24, 2.45) is 0 Å². The van der Waals surface area contributed by atoms with Crippen LogP contribution >= 0.6 is 0 Å². The fraction of sp³-hybridized carbons (Fsp3) is 0.391. The number of nitrogens with one attached hydrogen (secondary N) is 2. The Kier molecular flexibility index (Phi) is 7.20. The fourth-order valence-electron chi connectivity index (χ4n) is 3.72. The molecule has 0 bridgehead atoms. The van der Waals surface area contributed by atoms with Gasteiger partial charge in [0.1, 0.15) is 0 Å². The molecule has 0 aliphatic carbocycles. The zero-order valence-electron chi connectivity index (χ0n) is 16.4. The molecule has 0 saturated carbocycles. The van der Waals surface area contributed by atoms with Gasteiger partial charge in [0.15, 0.2) is 0 Å². The Bertz CT molecular complexity index is 758. The van der Waals surface area contributed by atoms with Crippen LogP contribution in [0.3, 0.4) is 0 Å². The second-order valence-corrected chi connectivity index (χ2v) is 7.24. The van der Waals surface area contributed by atoms with Crippen LogP contribution in [0, 0.1) is 0 Å². The van der Waals surface area contributed by atoms with Crippen LogP contribution in [0.2, 0.25) is 0 Å². The van der Waals surface area contributed by atoms with Crippen molar-refractivity contribution in [2.75, 3.05) is 19.6 Å². The topological polar surface area (TPSA) is 61.4 Å². The second-order valence-electron chi connectivity index (χ2n) is 7.24. The number of hydrogen-bond acceptors (Lipinski definition) is 3. The molecule has 2 amide bonds. The van der Waals surface area contributed by atoms with Crippen molar-refractivity contribution in [2.45, 2.75) is 38.3 Å². The van der Waals surface area contributed by atoms with Gasteiger partial charge in [-0.15, -0.1) is 0 Å². The minimum Gasteiger partial charge on any atom is -0.345 e. The molecule has 0 radical (unpaired) electrons. The van der Waals surface area contributed by atoms with Crippen LogP contribution in [-0.4, -0.2) is 42.4 Å². The van der Waals surface area contributed by atoms with E-state index in [1.807, 2.05) is 53.4 Å². The molecule has 2 aromatic carbocycles. The smallest absolute Gasteiger partial charge is 0.251 e. The number of carbonyl (C=O) groups is 2. The first kappa shape index (κ1) is 20.1. The zero-order valence-corrected chi connectivity index (χ0v) is 16.4. The number of benzene rings is 2. The minimum atomic E-state index is -0.352. The summed E-state index contributed by atoms with van der Waals surface area (Å²) in [7, 11) is 0. The number of nitrogens with zero attached hydrogens (tertiary/aromatic N) is 1. The fourth-order valence-corrected chi connectivity index (χ4v) is 3.72. The molecule has 2 aromatic rings. The summed E-state index contributed by atoms with van der Waals surface area (Å²) < 4.78 is 0. The van der Waals surface area contributed by atoms with E-state index in [0.717, 1.165) is 38.0 Å². The van der Waals surface area contributed by atoms with E-state index in [2.05, 4.69) is 17.6 Å². The van der Waals surface area contributed by atoms with Crippen molar-refractivity contribution in [3.05, 3.63) is 71.8 Å². The SMILES string of the molecule is CCCN(C(=O)CC(NC(=O)c1ccccc1)c1ccccc1)C1CCNC1. The van der Waals surface area contributed by atoms with Crippen LogP contribution in [0.4, 0.5) is 0 Å². The van der Waals surface area contributed by atoms with Crippen molar-refractivity contribution in [3.8, 4) is 0 Å². The van der Waals surface area contributed by atoms with Gasteiger partial charge in [0.2, 0.25) is 5.91 Å². The standard InChI is InChI=1S/C23H29N3O2/c1-2-15-26(20-13-14-24-17-20)22(27)16-21(18-9-5-3-6-10-18)25-23(28)19-11-7-4-8-12-19/h3-12,20-21,24H,2,13-17H2,1H3,(H,25,28). The molecule has 5 heteroatoms. The molecule has 2 N–H and O–H groups in total. The second kappa shape index (κ2) is 10.0. The van der Waals surface area contributed by atoms with Gasteiger partial charge in [-0.1, -0.05) is 55.5 Å². The summed E-state index contributed by atoms with van der Waals surface area (Å²) in [6, 6.07) is 18.8. The van der Waals surface area contributed by atoms with Crippen LogP contribution in [0.5, 0.6) is 0 Å². The highest BCUT2D eigenvalue weighted by Crippen LogP contribution is 2.21. The average Bonchev–Trinajstić information content (AvgIpc) is 3.27. The first-order valence-electron chi connectivity index (χ1n) is 10.1. The zero-order chi connectivity index (χ0) is 19.8. The molecule has 0 spiro atoms. The molecule has 0 aromatic heterocycles. The van der Waals surface area contributed by atoms with E-state index in [1.54, 1.807) is 12.1 Å². The summed E-state index contributed by atoms with van der Waals surface area (Å²) in [5.41, 5.74) is 1.54. The molecular weight excluding hydrogens is 350 g/mol. The Morgan fingerprint density at radius 3 is 2.39 bits per heavy atom. The van der Waals surface area contributed by atoms with E-state index in [1.165, 1.54) is 0 Å². The van der Waals surface area contributed by atoms with Gasteiger partial charge in [0, 0.05) is 24.7 Å². The first-order valence-corrected chi connectivity index (χ1v) is 10.1. The number of amides is 2. The Morgan fingerprint density at radius 1 is 1.11 bits per heavy atom. The lowest BCUT2D eigenvalue weighted by molar-refractivity contribution is -0.133. The maximum absolute atomic E-state index is 13.2. The van der Waals surface area contributed by atoms with E-state index in [9.17, 15) is 9.59 Å². The van der Waals surface area contributed by atoms with Gasteiger partial charge < -0.3 is 15.5 Å². The van der Waals surface area contributed by atoms with Crippen molar-refractivity contribution < 1.29 is 9.59 Å². The van der Waals surface area contributed by atoms with E-state index in [4.69, 9.17) is 0 Å². The molecule has 1 saturated heterocycles. The van der Waals surface area contributed by atoms with Crippen molar-refractivity contribution >= 4 is 11.8 Å². The molecular formula is C23H29N3O2. The lowest BCUT2D eigenvalue weighted by atomic mass is 10.0. The van der Waals surface area contributed by atoms with Gasteiger partial charge in [-0.25, -0.2) is 0 Å². The minimum absolute atomic E-state index is 0.0952. The molecule has 1 aliphatic heterocycles. The summed E-state index contributed by atoms with van der Waals surface area (Å²) >= 11 is 0. The van der Waals surface area contributed by atoms with Gasteiger partial charge >= 0.3 is 0 Å². The molecule has 1 heterocycles. The van der Waals surface area contributed by atoms with Crippen LogP contribution in [0.15, 0.2) is 60.7 Å². The molecule has 2 atom stereocenters. The third-order valence-electron chi connectivity index (χ3n) is 5.18. The van der Waals surface area contributed by atoms with E-state index in [0.29, 0.717) is 5.56 Å². The number of carbonyl (C=O) groups excluding carboxylic acids is 2. The lowest BCUT2D eigenvalue weighted by Gasteiger charge is -2.30. The summed E-state index contributed by atoms with van der Waals surface area (Å²) in [5.74, 6) is -0.0652. The normalized spacial score (nSPS) is 17.1. The van der Waals surface area contributed by atoms with Crippen molar-refractivity contribution in [3.63, 3.8) is 0 Å². The lowest BCUT2D eigenvalue weighted by Crippen LogP contribution is -2.44. The first-order chi connectivity index (χ1) is 13.7. The van der Waals surface area contributed by atoms with E-state index in [-0.39, 0.29) is 30.3 Å². The average molecular weight is 380 g/mol. The maximum atomic E-state index is 13.2. The van der Waals surface area contributed by atoms with Gasteiger partial charge in [0.25, 0.3) is 5.91 Å². The summed E-state index contributed by atoms with van der Waals surface area (Å²) in [5, 5.41) is 6.41. The molecule has 2 unspecified atom stereocenters. The van der Waals surface area contributed by atoms with Crippen LogP contribution in [0.25, 0.3) is 0 Å². The third kappa shape index (κ3) is 5.20. The summed E-state index contributed by atoms with van der Waals surface area (Å²) in [6.07, 6.45) is 2.17. The molecule has 3 rings (SSSR count). The van der Waals surface area contributed by atoms with Crippen molar-refractivity contribution in [1.29, 1.82) is 0 Å². The van der Waals surface area contributed by atoms with Gasteiger partial charge in [0.05, 0.1) is 12.5 Å². The Labute approximate surface area is 167 Å². The van der Waals surface area contributed by atoms with Crippen LogP contribution in [0.1, 0.15) is 48.1 Å². The van der Waals surface area contributed by atoms with Gasteiger partial charge in [-0.3, -0.25) is 9.59 Å². The molecule has 5 nitrogen and oxygen atoms in total. The molecule has 1 aliphatic rings. The summed E-state index contributed by atoms with van der Waals surface area (Å²) in [6.45, 7) is 4.64. The third-order valence-corrected chi connectivity index (χ3v) is 5.18. The Morgan fingerprint density at radius 2 is 1.79 bits per heavy atom. The highest BCUT2D eigenvalue weighted by molar-refractivity contribution is 5.94. The van der Waals surface area contributed by atoms with Gasteiger partial charge in [-0.05, 0) is 37.1 Å². The van der Waals surface area contributed by atoms with E-state index >= 15 is 0 Å². The quantitative estimate of drug-likeness (QED) is 0.741. The predicted molar refractivity (Wildman–Crippen MR) is 111 cm³/mol. The molecule has 1 fully saturated rings. The highest BCUT2D eigenvalue weighted by Gasteiger charge is 2.28. The molecule has 148 valence electrons. The van der Waals surface area contributed by atoms with E-state index < -0.39 is 0 Å². The molecule has 28 heavy (non-hydrogen) atoms. The number of hydrogen-bond donors (Lipinski definition) is 2. The largest absolute Gasteiger partial charge is 0.345 e. The maximum Gasteiger partial charge on any atom is 0.251 e. The Hall–Kier alpha value is -2.66. The van der Waals surface area contributed by atoms with Crippen LogP contribution in [-0.2, 0) is 4.79 Å².